The molecule has 3 nitrogen and oxygen atoms in total. The lowest BCUT2D eigenvalue weighted by atomic mass is 10.3. The summed E-state index contributed by atoms with van der Waals surface area (Å²) in [5.41, 5.74) is 6.16. The highest BCUT2D eigenvalue weighted by Gasteiger charge is 1.91. The second kappa shape index (κ2) is 5.04. The molecule has 0 spiro atoms. The molecule has 0 aliphatic heterocycles. The molecular formula is C10H13N3. The van der Waals surface area contributed by atoms with Crippen LogP contribution in [0.4, 0.5) is 11.5 Å². The zero-order chi connectivity index (χ0) is 9.52. The summed E-state index contributed by atoms with van der Waals surface area (Å²) in [6.45, 7) is 0.848. The topological polar surface area (TPSA) is 50.9 Å². The lowest BCUT2D eigenvalue weighted by Gasteiger charge is -2.03. The molecule has 1 aromatic rings. The Labute approximate surface area is 78.4 Å². The van der Waals surface area contributed by atoms with Crippen LogP contribution in [-0.2, 0) is 0 Å². The minimum Gasteiger partial charge on any atom is -0.397 e. The van der Waals surface area contributed by atoms with Gasteiger partial charge in [0.1, 0.15) is 5.82 Å². The van der Waals surface area contributed by atoms with Crippen molar-refractivity contribution in [1.82, 2.24) is 4.98 Å². The number of hydrogen-bond acceptors (Lipinski definition) is 3. The van der Waals surface area contributed by atoms with Gasteiger partial charge in [0, 0.05) is 13.0 Å². The quantitative estimate of drug-likeness (QED) is 0.538. The minimum atomic E-state index is 0.675. The van der Waals surface area contributed by atoms with E-state index in [2.05, 4.69) is 16.2 Å². The van der Waals surface area contributed by atoms with Crippen LogP contribution in [0, 0.1) is 12.3 Å². The average Bonchev–Trinajstić information content (AvgIpc) is 2.15. The third-order valence-electron chi connectivity index (χ3n) is 1.59. The number of unbranched alkanes of at least 4 members (excludes halogenated alkanes) is 1. The van der Waals surface area contributed by atoms with Gasteiger partial charge in [0.15, 0.2) is 0 Å². The van der Waals surface area contributed by atoms with E-state index < -0.39 is 0 Å². The number of pyridine rings is 1. The molecule has 3 heteroatoms. The highest BCUT2D eigenvalue weighted by Crippen LogP contribution is 2.05. The molecule has 1 rings (SSSR count). The molecule has 0 aromatic carbocycles. The van der Waals surface area contributed by atoms with Gasteiger partial charge in [0.05, 0.1) is 11.9 Å². The molecule has 0 aliphatic carbocycles. The monoisotopic (exact) mass is 175 g/mol. The summed E-state index contributed by atoms with van der Waals surface area (Å²) in [6.07, 6.45) is 8.50. The first-order chi connectivity index (χ1) is 6.33. The van der Waals surface area contributed by atoms with Gasteiger partial charge in [-0.25, -0.2) is 4.98 Å². The second-order valence-electron chi connectivity index (χ2n) is 2.71. The number of anilines is 2. The Balaban J connectivity index is 2.30. The fourth-order valence-corrected chi connectivity index (χ4v) is 0.917. The summed E-state index contributed by atoms with van der Waals surface area (Å²) in [5.74, 6) is 3.42. The van der Waals surface area contributed by atoms with Crippen LogP contribution in [0.3, 0.4) is 0 Å². The Bertz CT molecular complexity index is 284. The van der Waals surface area contributed by atoms with E-state index in [4.69, 9.17) is 12.2 Å². The number of hydrogen-bond donors (Lipinski definition) is 2. The molecule has 3 N–H and O–H groups in total. The molecule has 1 aromatic heterocycles. The second-order valence-corrected chi connectivity index (χ2v) is 2.71. The standard InChI is InChI=1S/C10H13N3/c1-2-3-4-7-12-10-6-5-9(11)8-13-10/h1,5-6,8H,3-4,7,11H2,(H,12,13). The number of terminal acetylenes is 1. The molecule has 1 heterocycles. The van der Waals surface area contributed by atoms with Crippen LogP contribution >= 0.6 is 0 Å². The molecule has 0 amide bonds. The summed E-state index contributed by atoms with van der Waals surface area (Å²) in [6, 6.07) is 3.67. The van der Waals surface area contributed by atoms with Crippen LogP contribution in [0.1, 0.15) is 12.8 Å². The van der Waals surface area contributed by atoms with E-state index in [1.165, 1.54) is 0 Å². The smallest absolute Gasteiger partial charge is 0.126 e. The predicted octanol–water partition coefficient (Wildman–Crippen LogP) is 1.49. The van der Waals surface area contributed by atoms with Crippen LogP contribution in [-0.4, -0.2) is 11.5 Å². The first kappa shape index (κ1) is 9.40. The maximum absolute atomic E-state index is 5.49. The van der Waals surface area contributed by atoms with Gasteiger partial charge in [-0.15, -0.1) is 12.3 Å². The molecule has 0 aliphatic rings. The number of nitrogens with one attached hydrogen (secondary N) is 1. The van der Waals surface area contributed by atoms with Gasteiger partial charge in [-0.2, -0.15) is 0 Å². The van der Waals surface area contributed by atoms with Gasteiger partial charge in [-0.1, -0.05) is 0 Å². The van der Waals surface area contributed by atoms with Gasteiger partial charge < -0.3 is 11.1 Å². The molecule has 0 radical (unpaired) electrons. The summed E-state index contributed by atoms with van der Waals surface area (Å²) < 4.78 is 0. The summed E-state index contributed by atoms with van der Waals surface area (Å²) in [4.78, 5) is 4.09. The number of nitrogens with zero attached hydrogens (tertiary/aromatic N) is 1. The zero-order valence-electron chi connectivity index (χ0n) is 7.46. The first-order valence-corrected chi connectivity index (χ1v) is 4.22. The van der Waals surface area contributed by atoms with E-state index in [9.17, 15) is 0 Å². The Morgan fingerprint density at radius 3 is 3.00 bits per heavy atom. The van der Waals surface area contributed by atoms with Gasteiger partial charge in [-0.05, 0) is 18.6 Å². The molecule has 0 saturated carbocycles. The van der Waals surface area contributed by atoms with Crippen LogP contribution < -0.4 is 11.1 Å². The van der Waals surface area contributed by atoms with Crippen LogP contribution in [0.5, 0.6) is 0 Å². The fraction of sp³-hybridized carbons (Fsp3) is 0.300. The number of nitrogen functional groups attached to an aromatic ring is 1. The summed E-state index contributed by atoms with van der Waals surface area (Å²) in [5, 5.41) is 3.14. The zero-order valence-corrected chi connectivity index (χ0v) is 7.46. The summed E-state index contributed by atoms with van der Waals surface area (Å²) in [7, 11) is 0. The molecule has 0 atom stereocenters. The Hall–Kier alpha value is -1.69. The predicted molar refractivity (Wildman–Crippen MR) is 55.2 cm³/mol. The van der Waals surface area contributed by atoms with E-state index in [0.717, 1.165) is 25.2 Å². The van der Waals surface area contributed by atoms with Gasteiger partial charge in [0.25, 0.3) is 0 Å². The molecule has 0 bridgehead atoms. The van der Waals surface area contributed by atoms with E-state index in [1.807, 2.05) is 12.1 Å². The Morgan fingerprint density at radius 1 is 1.54 bits per heavy atom. The first-order valence-electron chi connectivity index (χ1n) is 4.22. The Kier molecular flexibility index (Phi) is 3.65. The van der Waals surface area contributed by atoms with Crippen molar-refractivity contribution >= 4 is 11.5 Å². The molecule has 13 heavy (non-hydrogen) atoms. The van der Waals surface area contributed by atoms with E-state index in [-0.39, 0.29) is 0 Å². The maximum atomic E-state index is 5.49. The number of rotatable bonds is 4. The van der Waals surface area contributed by atoms with Crippen molar-refractivity contribution in [3.8, 4) is 12.3 Å². The van der Waals surface area contributed by atoms with Gasteiger partial charge in [-0.3, -0.25) is 0 Å². The minimum absolute atomic E-state index is 0.675. The fourth-order valence-electron chi connectivity index (χ4n) is 0.917. The SMILES string of the molecule is C#CCCCNc1ccc(N)cn1. The molecule has 0 unspecified atom stereocenters. The van der Waals surface area contributed by atoms with Crippen molar-refractivity contribution in [3.63, 3.8) is 0 Å². The largest absolute Gasteiger partial charge is 0.397 e. The summed E-state index contributed by atoms with van der Waals surface area (Å²) >= 11 is 0. The van der Waals surface area contributed by atoms with Gasteiger partial charge in [0.2, 0.25) is 0 Å². The third-order valence-corrected chi connectivity index (χ3v) is 1.59. The number of nitrogens with two attached hydrogens (primary N) is 1. The van der Waals surface area contributed by atoms with Gasteiger partial charge >= 0.3 is 0 Å². The van der Waals surface area contributed by atoms with Crippen molar-refractivity contribution in [3.05, 3.63) is 18.3 Å². The van der Waals surface area contributed by atoms with Crippen molar-refractivity contribution in [1.29, 1.82) is 0 Å². The van der Waals surface area contributed by atoms with E-state index >= 15 is 0 Å². The van der Waals surface area contributed by atoms with E-state index in [0.29, 0.717) is 5.69 Å². The van der Waals surface area contributed by atoms with Crippen molar-refractivity contribution in [2.24, 2.45) is 0 Å². The van der Waals surface area contributed by atoms with E-state index in [1.54, 1.807) is 6.20 Å². The lowest BCUT2D eigenvalue weighted by Crippen LogP contribution is -2.02. The Morgan fingerprint density at radius 2 is 2.38 bits per heavy atom. The van der Waals surface area contributed by atoms with Crippen molar-refractivity contribution in [2.45, 2.75) is 12.8 Å². The average molecular weight is 175 g/mol. The molecule has 68 valence electrons. The van der Waals surface area contributed by atoms with Crippen LogP contribution in [0.2, 0.25) is 0 Å². The third kappa shape index (κ3) is 3.48. The molecular weight excluding hydrogens is 162 g/mol. The normalized spacial score (nSPS) is 9.15. The highest BCUT2D eigenvalue weighted by molar-refractivity contribution is 5.43. The highest BCUT2D eigenvalue weighted by atomic mass is 15.0. The lowest BCUT2D eigenvalue weighted by molar-refractivity contribution is 0.901. The molecule has 0 fully saturated rings. The van der Waals surface area contributed by atoms with Crippen molar-refractivity contribution < 1.29 is 0 Å². The van der Waals surface area contributed by atoms with Crippen molar-refractivity contribution in [2.75, 3.05) is 17.6 Å². The van der Waals surface area contributed by atoms with Crippen LogP contribution in [0.25, 0.3) is 0 Å². The molecule has 0 saturated heterocycles. The number of aromatic nitrogens is 1. The van der Waals surface area contributed by atoms with Crippen LogP contribution in [0.15, 0.2) is 18.3 Å². The maximum Gasteiger partial charge on any atom is 0.126 e.